The van der Waals surface area contributed by atoms with Gasteiger partial charge in [-0.05, 0) is 31.0 Å². The molecule has 1 aliphatic carbocycles. The van der Waals surface area contributed by atoms with Gasteiger partial charge in [0, 0.05) is 20.6 Å². The topological polar surface area (TPSA) is 15.3 Å². The minimum Gasteiger partial charge on any atom is -0.366 e. The van der Waals surface area contributed by atoms with Crippen molar-refractivity contribution in [1.82, 2.24) is 10.2 Å². The molecule has 3 heteroatoms. The fourth-order valence-corrected chi connectivity index (χ4v) is 1.93. The van der Waals surface area contributed by atoms with Crippen molar-refractivity contribution in [1.29, 1.82) is 0 Å². The van der Waals surface area contributed by atoms with Crippen LogP contribution < -0.4 is 5.32 Å². The summed E-state index contributed by atoms with van der Waals surface area (Å²) in [6.07, 6.45) is 5.59. The molecule has 1 N–H and O–H groups in total. The molecule has 0 aromatic rings. The maximum atomic E-state index is 5.13. The molecule has 1 saturated carbocycles. The van der Waals surface area contributed by atoms with Crippen molar-refractivity contribution in [2.24, 2.45) is 5.92 Å². The lowest BCUT2D eigenvalue weighted by Gasteiger charge is -2.22. The Labute approximate surface area is 80.3 Å². The molecule has 0 heterocycles. The van der Waals surface area contributed by atoms with Gasteiger partial charge in [-0.15, -0.1) is 0 Å². The minimum absolute atomic E-state index is 0.863. The van der Waals surface area contributed by atoms with Gasteiger partial charge in [0.05, 0.1) is 0 Å². The Bertz CT molecular complexity index is 153. The zero-order chi connectivity index (χ0) is 8.97. The van der Waals surface area contributed by atoms with E-state index in [-0.39, 0.29) is 0 Å². The van der Waals surface area contributed by atoms with Crippen LogP contribution in [0.5, 0.6) is 0 Å². The molecule has 0 atom stereocenters. The lowest BCUT2D eigenvalue weighted by molar-refractivity contribution is 0.386. The summed E-state index contributed by atoms with van der Waals surface area (Å²) >= 11 is 5.13. The molecule has 0 radical (unpaired) electrons. The van der Waals surface area contributed by atoms with E-state index in [0.29, 0.717) is 0 Å². The number of thiocarbonyl (C=S) groups is 1. The lowest BCUT2D eigenvalue weighted by Crippen LogP contribution is -2.37. The summed E-state index contributed by atoms with van der Waals surface area (Å²) in [6.45, 7) is 1.12. The molecule has 0 amide bonds. The Hall–Kier alpha value is -0.310. The third-order valence-electron chi connectivity index (χ3n) is 2.57. The molecule has 0 bridgehead atoms. The molecule has 0 aliphatic heterocycles. The standard InChI is InChI=1S/C9H18N2S/c1-10-9(12)11(2)7-8-5-3-4-6-8/h8H,3-7H2,1-2H3,(H,10,12). The van der Waals surface area contributed by atoms with Crippen molar-refractivity contribution in [3.63, 3.8) is 0 Å². The second-order valence-electron chi connectivity index (χ2n) is 3.59. The van der Waals surface area contributed by atoms with E-state index >= 15 is 0 Å². The van der Waals surface area contributed by atoms with E-state index in [1.807, 2.05) is 7.05 Å². The fraction of sp³-hybridized carbons (Fsp3) is 0.889. The summed E-state index contributed by atoms with van der Waals surface area (Å²) in [5, 5.41) is 3.86. The Balaban J connectivity index is 2.24. The predicted octanol–water partition coefficient (Wildman–Crippen LogP) is 1.61. The van der Waals surface area contributed by atoms with Gasteiger partial charge >= 0.3 is 0 Å². The van der Waals surface area contributed by atoms with Crippen LogP contribution in [-0.4, -0.2) is 30.7 Å². The second kappa shape index (κ2) is 4.65. The zero-order valence-electron chi connectivity index (χ0n) is 7.97. The minimum atomic E-state index is 0.863. The first-order valence-corrected chi connectivity index (χ1v) is 5.07. The average molecular weight is 186 g/mol. The molecule has 0 spiro atoms. The Kier molecular flexibility index (Phi) is 3.79. The first-order valence-electron chi connectivity index (χ1n) is 4.67. The highest BCUT2D eigenvalue weighted by Crippen LogP contribution is 2.24. The van der Waals surface area contributed by atoms with Crippen LogP contribution in [0.4, 0.5) is 0 Å². The number of nitrogens with one attached hydrogen (secondary N) is 1. The molecular weight excluding hydrogens is 168 g/mol. The summed E-state index contributed by atoms with van der Waals surface area (Å²) in [5.41, 5.74) is 0. The molecule has 2 nitrogen and oxygen atoms in total. The monoisotopic (exact) mass is 186 g/mol. The van der Waals surface area contributed by atoms with Crippen molar-refractivity contribution < 1.29 is 0 Å². The second-order valence-corrected chi connectivity index (χ2v) is 3.97. The van der Waals surface area contributed by atoms with Gasteiger partial charge in [-0.2, -0.15) is 0 Å². The number of rotatable bonds is 2. The molecule has 1 aliphatic rings. The number of nitrogens with zero attached hydrogens (tertiary/aromatic N) is 1. The van der Waals surface area contributed by atoms with Crippen LogP contribution in [0.1, 0.15) is 25.7 Å². The first-order chi connectivity index (χ1) is 5.74. The smallest absolute Gasteiger partial charge is 0.168 e. The van der Waals surface area contributed by atoms with Crippen LogP contribution in [0, 0.1) is 5.92 Å². The SMILES string of the molecule is CNC(=S)N(C)CC1CCCC1. The summed E-state index contributed by atoms with van der Waals surface area (Å²) in [7, 11) is 3.95. The van der Waals surface area contributed by atoms with Gasteiger partial charge in [0.1, 0.15) is 0 Å². The molecule has 0 unspecified atom stereocenters. The molecule has 12 heavy (non-hydrogen) atoms. The maximum Gasteiger partial charge on any atom is 0.168 e. The van der Waals surface area contributed by atoms with Crippen LogP contribution in [0.15, 0.2) is 0 Å². The van der Waals surface area contributed by atoms with E-state index in [0.717, 1.165) is 17.6 Å². The molecule has 0 aromatic heterocycles. The van der Waals surface area contributed by atoms with Gasteiger partial charge < -0.3 is 10.2 Å². The molecule has 0 aromatic carbocycles. The van der Waals surface area contributed by atoms with Gasteiger partial charge in [-0.3, -0.25) is 0 Å². The molecule has 70 valence electrons. The van der Waals surface area contributed by atoms with Crippen molar-refractivity contribution in [2.75, 3.05) is 20.6 Å². The van der Waals surface area contributed by atoms with Crippen LogP contribution in [-0.2, 0) is 0 Å². The van der Waals surface area contributed by atoms with Gasteiger partial charge in [0.2, 0.25) is 0 Å². The van der Waals surface area contributed by atoms with Crippen LogP contribution in [0.2, 0.25) is 0 Å². The Morgan fingerprint density at radius 2 is 2.08 bits per heavy atom. The third kappa shape index (κ3) is 2.63. The fourth-order valence-electron chi connectivity index (χ4n) is 1.85. The predicted molar refractivity (Wildman–Crippen MR) is 56.2 cm³/mol. The summed E-state index contributed by atoms with van der Waals surface area (Å²) in [5.74, 6) is 0.876. The summed E-state index contributed by atoms with van der Waals surface area (Å²) in [4.78, 5) is 2.14. The van der Waals surface area contributed by atoms with Crippen molar-refractivity contribution >= 4 is 17.3 Å². The third-order valence-corrected chi connectivity index (χ3v) is 3.08. The van der Waals surface area contributed by atoms with Gasteiger partial charge in [0.25, 0.3) is 0 Å². The van der Waals surface area contributed by atoms with E-state index < -0.39 is 0 Å². The van der Waals surface area contributed by atoms with Gasteiger partial charge in [-0.25, -0.2) is 0 Å². The summed E-state index contributed by atoms with van der Waals surface area (Å²) < 4.78 is 0. The molecule has 0 saturated heterocycles. The highest BCUT2D eigenvalue weighted by Gasteiger charge is 2.17. The van der Waals surface area contributed by atoms with E-state index in [1.54, 1.807) is 0 Å². The van der Waals surface area contributed by atoms with E-state index in [2.05, 4.69) is 17.3 Å². The Morgan fingerprint density at radius 3 is 2.58 bits per heavy atom. The first kappa shape index (κ1) is 9.78. The van der Waals surface area contributed by atoms with E-state index in [4.69, 9.17) is 12.2 Å². The van der Waals surface area contributed by atoms with Crippen LogP contribution in [0.25, 0.3) is 0 Å². The van der Waals surface area contributed by atoms with E-state index in [1.165, 1.54) is 25.7 Å². The van der Waals surface area contributed by atoms with Crippen molar-refractivity contribution in [2.45, 2.75) is 25.7 Å². The van der Waals surface area contributed by atoms with Crippen LogP contribution >= 0.6 is 12.2 Å². The van der Waals surface area contributed by atoms with E-state index in [9.17, 15) is 0 Å². The molecule has 1 rings (SSSR count). The maximum absolute atomic E-state index is 5.13. The number of hydrogen-bond donors (Lipinski definition) is 1. The van der Waals surface area contributed by atoms with Crippen molar-refractivity contribution in [3.8, 4) is 0 Å². The highest BCUT2D eigenvalue weighted by atomic mass is 32.1. The number of hydrogen-bond acceptors (Lipinski definition) is 1. The van der Waals surface area contributed by atoms with Gasteiger partial charge in [0.15, 0.2) is 5.11 Å². The molecule has 1 fully saturated rings. The molecular formula is C9H18N2S. The summed E-state index contributed by atoms with van der Waals surface area (Å²) in [6, 6.07) is 0. The highest BCUT2D eigenvalue weighted by molar-refractivity contribution is 7.80. The zero-order valence-corrected chi connectivity index (χ0v) is 8.78. The largest absolute Gasteiger partial charge is 0.366 e. The van der Waals surface area contributed by atoms with Crippen LogP contribution in [0.3, 0.4) is 0 Å². The van der Waals surface area contributed by atoms with Crippen molar-refractivity contribution in [3.05, 3.63) is 0 Å². The Morgan fingerprint density at radius 1 is 1.50 bits per heavy atom. The normalized spacial score (nSPS) is 17.8. The lowest BCUT2D eigenvalue weighted by atomic mass is 10.1. The average Bonchev–Trinajstić information content (AvgIpc) is 2.55. The van der Waals surface area contributed by atoms with Gasteiger partial charge in [-0.1, -0.05) is 12.8 Å². The quantitative estimate of drug-likeness (QED) is 0.660.